The number of rotatable bonds is 4. The zero-order chi connectivity index (χ0) is 29.4. The number of aliphatic hydroxyl groups is 2. The van der Waals surface area contributed by atoms with Crippen LogP contribution in [0.4, 0.5) is 5.69 Å². The van der Waals surface area contributed by atoms with Crippen molar-refractivity contribution >= 4 is 11.3 Å². The summed E-state index contributed by atoms with van der Waals surface area (Å²) in [5, 5.41) is 34.1. The van der Waals surface area contributed by atoms with Crippen LogP contribution in [0, 0.1) is 18.8 Å². The molecule has 0 fully saturated rings. The van der Waals surface area contributed by atoms with Gasteiger partial charge in [-0.15, -0.1) is 0 Å². The topological polar surface area (TPSA) is 93.2 Å². The highest BCUT2D eigenvalue weighted by Crippen LogP contribution is 2.58. The van der Waals surface area contributed by atoms with Gasteiger partial charge in [0, 0.05) is 37.0 Å². The minimum absolute atomic E-state index is 0.112. The molecule has 3 aliphatic rings. The standard InChI is InChI=1S/C34H41N3O3/c1-17-25(22-11-10-12-24(38)13-22)16-28(36(6)7)26-14-23-15-27-32(37(8)9)33(39)31(21(5)35)20(4)34(27,40)19(3)30(23)18(2)29(17)26/h10-13,16,23,27,32,38-40H,2,4-5,14-15,35H2,1,3,6-9H3/t23-,27-,32-,34-/m0/s1. The van der Waals surface area contributed by atoms with Crippen LogP contribution in [0.5, 0.6) is 5.75 Å². The molecule has 6 heteroatoms. The number of aliphatic hydroxyl groups excluding tert-OH is 1. The fourth-order valence-electron chi connectivity index (χ4n) is 7.69. The molecule has 0 unspecified atom stereocenters. The lowest BCUT2D eigenvalue weighted by Gasteiger charge is -2.54. The van der Waals surface area contributed by atoms with Crippen LogP contribution in [0.3, 0.4) is 0 Å². The molecule has 0 saturated carbocycles. The number of fused-ring (bicyclic) bond motifs is 3. The number of nitrogens with two attached hydrogens (primary N) is 1. The van der Waals surface area contributed by atoms with E-state index in [1.165, 1.54) is 5.56 Å². The number of hydrogen-bond acceptors (Lipinski definition) is 6. The Morgan fingerprint density at radius 2 is 1.75 bits per heavy atom. The van der Waals surface area contributed by atoms with Gasteiger partial charge in [0.15, 0.2) is 0 Å². The third kappa shape index (κ3) is 3.77. The molecule has 0 heterocycles. The number of anilines is 1. The summed E-state index contributed by atoms with van der Waals surface area (Å²) in [6.45, 7) is 16.9. The van der Waals surface area contributed by atoms with Crippen LogP contribution >= 0.6 is 0 Å². The van der Waals surface area contributed by atoms with Crippen LogP contribution in [-0.2, 0) is 6.42 Å². The van der Waals surface area contributed by atoms with Gasteiger partial charge in [0.05, 0.1) is 6.04 Å². The van der Waals surface area contributed by atoms with Crippen LogP contribution in [0.1, 0.15) is 30.0 Å². The third-order valence-electron chi connectivity index (χ3n) is 9.40. The Morgan fingerprint density at radius 3 is 2.33 bits per heavy atom. The molecule has 5 N–H and O–H groups in total. The van der Waals surface area contributed by atoms with Gasteiger partial charge < -0.3 is 26.0 Å². The molecule has 2 aromatic carbocycles. The number of allylic oxidation sites excluding steroid dienone is 3. The number of hydrogen-bond donors (Lipinski definition) is 4. The average molecular weight is 540 g/mol. The summed E-state index contributed by atoms with van der Waals surface area (Å²) in [4.78, 5) is 4.08. The van der Waals surface area contributed by atoms with Gasteiger partial charge in [-0.25, -0.2) is 0 Å². The van der Waals surface area contributed by atoms with Crippen molar-refractivity contribution in [1.82, 2.24) is 4.90 Å². The number of phenols is 1. The molecule has 0 radical (unpaired) electrons. The summed E-state index contributed by atoms with van der Waals surface area (Å²) in [5.74, 6) is 0.125. The SMILES string of the molecule is C=C(N)C1=C(O)[C@@H](N(C)C)[C@@H]2C[C@@H]3Cc4c(N(C)C)cc(-c5cccc(O)c5)c(C)c4C(=C)C3=C(C)[C@]2(O)C1=C. The van der Waals surface area contributed by atoms with Crippen LogP contribution in [-0.4, -0.2) is 60.1 Å². The van der Waals surface area contributed by atoms with Gasteiger partial charge in [0.2, 0.25) is 0 Å². The summed E-state index contributed by atoms with van der Waals surface area (Å²) in [7, 11) is 7.92. The largest absolute Gasteiger partial charge is 0.510 e. The van der Waals surface area contributed by atoms with E-state index in [1.807, 2.05) is 52.1 Å². The third-order valence-corrected chi connectivity index (χ3v) is 9.40. The predicted octanol–water partition coefficient (Wildman–Crippen LogP) is 5.47. The highest BCUT2D eigenvalue weighted by Gasteiger charge is 2.57. The summed E-state index contributed by atoms with van der Waals surface area (Å²) in [5.41, 5.74) is 14.9. The van der Waals surface area contributed by atoms with Crippen LogP contribution in [0.2, 0.25) is 0 Å². The Morgan fingerprint density at radius 1 is 1.07 bits per heavy atom. The number of phenolic OH excluding ortho intramolecular Hbond substituents is 1. The number of nitrogens with zero attached hydrogens (tertiary/aromatic N) is 2. The first-order valence-electron chi connectivity index (χ1n) is 13.7. The normalized spacial score (nSPS) is 26.1. The highest BCUT2D eigenvalue weighted by atomic mass is 16.3. The number of likely N-dealkylation sites (N-methyl/N-ethyl adjacent to an activating group) is 1. The van der Waals surface area contributed by atoms with Gasteiger partial charge >= 0.3 is 0 Å². The first-order valence-corrected chi connectivity index (χ1v) is 13.7. The molecule has 3 aliphatic carbocycles. The Labute approximate surface area is 237 Å². The lowest BCUT2D eigenvalue weighted by molar-refractivity contribution is -0.0178. The van der Waals surface area contributed by atoms with Crippen molar-refractivity contribution in [2.75, 3.05) is 33.1 Å². The van der Waals surface area contributed by atoms with E-state index in [0.717, 1.165) is 51.1 Å². The summed E-state index contributed by atoms with van der Waals surface area (Å²) in [6.07, 6.45) is 1.44. The van der Waals surface area contributed by atoms with Gasteiger partial charge in [0.25, 0.3) is 0 Å². The molecule has 0 aliphatic heterocycles. The Bertz CT molecular complexity index is 1540. The minimum atomic E-state index is -1.41. The summed E-state index contributed by atoms with van der Waals surface area (Å²) < 4.78 is 0. The second-order valence-corrected chi connectivity index (χ2v) is 12.1. The van der Waals surface area contributed by atoms with Crippen LogP contribution in [0.15, 0.2) is 83.8 Å². The molecule has 0 spiro atoms. The van der Waals surface area contributed by atoms with Crippen molar-refractivity contribution < 1.29 is 15.3 Å². The second-order valence-electron chi connectivity index (χ2n) is 12.1. The van der Waals surface area contributed by atoms with Gasteiger partial charge in [-0.2, -0.15) is 0 Å². The summed E-state index contributed by atoms with van der Waals surface area (Å²) >= 11 is 0. The van der Waals surface area contributed by atoms with Gasteiger partial charge in [-0.1, -0.05) is 31.9 Å². The molecule has 210 valence electrons. The van der Waals surface area contributed by atoms with Crippen molar-refractivity contribution in [2.24, 2.45) is 17.6 Å². The molecular weight excluding hydrogens is 498 g/mol. The zero-order valence-electron chi connectivity index (χ0n) is 24.5. The molecular formula is C34H41N3O3. The summed E-state index contributed by atoms with van der Waals surface area (Å²) in [6, 6.07) is 9.09. The molecule has 0 aromatic heterocycles. The highest BCUT2D eigenvalue weighted by molar-refractivity contribution is 5.92. The van der Waals surface area contributed by atoms with E-state index < -0.39 is 11.6 Å². The maximum atomic E-state index is 12.6. The van der Waals surface area contributed by atoms with Crippen molar-refractivity contribution in [3.8, 4) is 16.9 Å². The Kier molecular flexibility index (Phi) is 6.55. The van der Waals surface area contributed by atoms with E-state index in [4.69, 9.17) is 5.73 Å². The second kappa shape index (κ2) is 9.43. The molecule has 0 bridgehead atoms. The predicted molar refractivity (Wildman–Crippen MR) is 164 cm³/mol. The Hall–Kier alpha value is -3.74. The minimum Gasteiger partial charge on any atom is -0.510 e. The first kappa shape index (κ1) is 27.8. The lowest BCUT2D eigenvalue weighted by Crippen LogP contribution is -2.58. The van der Waals surface area contributed by atoms with E-state index in [9.17, 15) is 15.3 Å². The van der Waals surface area contributed by atoms with E-state index in [2.05, 4.69) is 37.6 Å². The molecule has 5 rings (SSSR count). The maximum Gasteiger partial charge on any atom is 0.119 e. The molecule has 6 nitrogen and oxygen atoms in total. The van der Waals surface area contributed by atoms with Crippen molar-refractivity contribution in [2.45, 2.75) is 38.3 Å². The van der Waals surface area contributed by atoms with E-state index in [1.54, 1.807) is 12.1 Å². The Balaban J connectivity index is 1.76. The average Bonchev–Trinajstić information content (AvgIpc) is 2.85. The van der Waals surface area contributed by atoms with Gasteiger partial charge in [-0.05, 0) is 115 Å². The molecule has 2 aromatic rings. The van der Waals surface area contributed by atoms with Gasteiger partial charge in [-0.3, -0.25) is 4.90 Å². The molecule has 40 heavy (non-hydrogen) atoms. The first-order chi connectivity index (χ1) is 18.7. The van der Waals surface area contributed by atoms with Gasteiger partial charge in [0.1, 0.15) is 17.1 Å². The quantitative estimate of drug-likeness (QED) is 0.412. The smallest absolute Gasteiger partial charge is 0.119 e. The van der Waals surface area contributed by atoms with E-state index in [-0.39, 0.29) is 29.0 Å². The van der Waals surface area contributed by atoms with Crippen molar-refractivity contribution in [3.05, 3.63) is 101 Å². The molecule has 0 amide bonds. The monoisotopic (exact) mass is 539 g/mol. The van der Waals surface area contributed by atoms with Crippen LogP contribution in [0.25, 0.3) is 16.7 Å². The fourth-order valence-corrected chi connectivity index (χ4v) is 7.69. The fraction of sp³-hybridized carbons (Fsp3) is 0.353. The van der Waals surface area contributed by atoms with Crippen molar-refractivity contribution in [1.29, 1.82) is 0 Å². The van der Waals surface area contributed by atoms with Crippen molar-refractivity contribution in [3.63, 3.8) is 0 Å². The number of aromatic hydroxyl groups is 1. The lowest BCUT2D eigenvalue weighted by atomic mass is 9.55. The zero-order valence-corrected chi connectivity index (χ0v) is 24.5. The van der Waals surface area contributed by atoms with E-state index in [0.29, 0.717) is 17.6 Å². The van der Waals surface area contributed by atoms with E-state index >= 15 is 0 Å². The van der Waals surface area contributed by atoms with Crippen LogP contribution < -0.4 is 10.6 Å². The number of benzene rings is 2. The molecule has 4 atom stereocenters. The maximum absolute atomic E-state index is 12.6. The molecule has 0 saturated heterocycles.